The summed E-state index contributed by atoms with van der Waals surface area (Å²) in [7, 11) is 0. The van der Waals surface area contributed by atoms with Crippen molar-refractivity contribution in [2.45, 2.75) is 78.3 Å². The molecule has 1 saturated carbocycles. The van der Waals surface area contributed by atoms with Crippen molar-refractivity contribution in [3.05, 3.63) is 18.0 Å². The number of aromatic nitrogens is 3. The molecule has 7 nitrogen and oxygen atoms in total. The second-order valence-electron chi connectivity index (χ2n) is 8.78. The average molecular weight is 399 g/mol. The van der Waals surface area contributed by atoms with Crippen LogP contribution in [0.5, 0.6) is 0 Å². The predicted octanol–water partition coefficient (Wildman–Crippen LogP) is 4.08. The van der Waals surface area contributed by atoms with E-state index in [-0.39, 0.29) is 11.9 Å². The molecule has 1 aliphatic carbocycles. The Kier molecular flexibility index (Phi) is 6.87. The second kappa shape index (κ2) is 9.37. The van der Waals surface area contributed by atoms with Gasteiger partial charge in [0, 0.05) is 42.8 Å². The van der Waals surface area contributed by atoms with E-state index in [1.807, 2.05) is 6.20 Å². The Hall–Kier alpha value is -2.44. The Balaban J connectivity index is 1.69. The molecule has 1 aliphatic rings. The highest BCUT2D eigenvalue weighted by atomic mass is 16.1. The van der Waals surface area contributed by atoms with E-state index in [0.29, 0.717) is 23.8 Å². The molecule has 2 heterocycles. The van der Waals surface area contributed by atoms with Gasteiger partial charge < -0.3 is 16.0 Å². The normalized spacial score (nSPS) is 19.6. The average Bonchev–Trinajstić information content (AvgIpc) is 2.66. The molecule has 0 radical (unpaired) electrons. The minimum Gasteiger partial charge on any atom is -0.366 e. The third-order valence-electron chi connectivity index (χ3n) is 5.41. The maximum atomic E-state index is 11.2. The highest BCUT2D eigenvalue weighted by Gasteiger charge is 2.22. The first-order chi connectivity index (χ1) is 13.8. The number of rotatable bonds is 7. The van der Waals surface area contributed by atoms with Gasteiger partial charge in [0.2, 0.25) is 11.9 Å². The van der Waals surface area contributed by atoms with Gasteiger partial charge in [-0.2, -0.15) is 0 Å². The molecule has 1 amide bonds. The fraction of sp³-hybridized carbons (Fsp3) is 0.636. The first-order valence-electron chi connectivity index (χ1n) is 10.8. The summed E-state index contributed by atoms with van der Waals surface area (Å²) in [6, 6.07) is 2.68. The van der Waals surface area contributed by atoms with Crippen molar-refractivity contribution in [1.29, 1.82) is 0 Å². The molecule has 29 heavy (non-hydrogen) atoms. The van der Waals surface area contributed by atoms with Crippen LogP contribution in [0.2, 0.25) is 0 Å². The van der Waals surface area contributed by atoms with Crippen LogP contribution in [0.3, 0.4) is 0 Å². The van der Waals surface area contributed by atoms with Crippen LogP contribution in [0.4, 0.5) is 11.8 Å². The molecule has 0 bridgehead atoms. The standard InChI is InChI=1S/C22H34N6O/c1-13(2)19-10-17-12-24-22(28-20(17)21(27-19)25-14(3)4)23-11-16-6-8-18(9-7-16)26-15(5)29/h10,12-14,16,18H,6-9,11H2,1-5H3,(H,25,27)(H,26,29)(H,23,24,28). The van der Waals surface area contributed by atoms with E-state index in [9.17, 15) is 4.79 Å². The van der Waals surface area contributed by atoms with E-state index >= 15 is 0 Å². The molecule has 0 aromatic carbocycles. The summed E-state index contributed by atoms with van der Waals surface area (Å²) < 4.78 is 0. The monoisotopic (exact) mass is 398 g/mol. The van der Waals surface area contributed by atoms with Crippen LogP contribution in [0.25, 0.3) is 10.9 Å². The largest absolute Gasteiger partial charge is 0.366 e. The Labute approximate surface area is 173 Å². The molecule has 0 saturated heterocycles. The van der Waals surface area contributed by atoms with E-state index in [4.69, 9.17) is 9.97 Å². The zero-order valence-corrected chi connectivity index (χ0v) is 18.2. The number of amides is 1. The number of fused-ring (bicyclic) bond motifs is 1. The Morgan fingerprint density at radius 2 is 1.86 bits per heavy atom. The highest BCUT2D eigenvalue weighted by Crippen LogP contribution is 2.27. The van der Waals surface area contributed by atoms with Crippen LogP contribution in [-0.4, -0.2) is 39.5 Å². The van der Waals surface area contributed by atoms with Crippen LogP contribution < -0.4 is 16.0 Å². The number of anilines is 2. The minimum absolute atomic E-state index is 0.0659. The quantitative estimate of drug-likeness (QED) is 0.651. The molecular formula is C22H34N6O. The summed E-state index contributed by atoms with van der Waals surface area (Å²) in [6.45, 7) is 10.9. The van der Waals surface area contributed by atoms with Gasteiger partial charge in [-0.15, -0.1) is 0 Å². The molecule has 0 unspecified atom stereocenters. The molecule has 1 fully saturated rings. The van der Waals surface area contributed by atoms with Crippen LogP contribution in [0.1, 0.15) is 71.9 Å². The number of hydrogen-bond acceptors (Lipinski definition) is 6. The maximum absolute atomic E-state index is 11.2. The van der Waals surface area contributed by atoms with Crippen LogP contribution >= 0.6 is 0 Å². The molecule has 2 aromatic heterocycles. The lowest BCUT2D eigenvalue weighted by atomic mass is 9.86. The smallest absolute Gasteiger partial charge is 0.223 e. The lowest BCUT2D eigenvalue weighted by Crippen LogP contribution is -2.37. The molecule has 2 aromatic rings. The number of carbonyl (C=O) groups is 1. The molecule has 0 aliphatic heterocycles. The summed E-state index contributed by atoms with van der Waals surface area (Å²) >= 11 is 0. The summed E-state index contributed by atoms with van der Waals surface area (Å²) in [5.41, 5.74) is 1.90. The van der Waals surface area contributed by atoms with Gasteiger partial charge in [-0.25, -0.2) is 15.0 Å². The molecule has 7 heteroatoms. The van der Waals surface area contributed by atoms with Crippen molar-refractivity contribution in [3.63, 3.8) is 0 Å². The molecule has 158 valence electrons. The lowest BCUT2D eigenvalue weighted by Gasteiger charge is -2.28. The fourth-order valence-electron chi connectivity index (χ4n) is 3.85. The van der Waals surface area contributed by atoms with E-state index in [0.717, 1.165) is 54.6 Å². The third-order valence-corrected chi connectivity index (χ3v) is 5.41. The zero-order valence-electron chi connectivity index (χ0n) is 18.2. The van der Waals surface area contributed by atoms with Crippen molar-refractivity contribution in [3.8, 4) is 0 Å². The second-order valence-corrected chi connectivity index (χ2v) is 8.78. The van der Waals surface area contributed by atoms with Gasteiger partial charge in [-0.05, 0) is 57.4 Å². The van der Waals surface area contributed by atoms with Crippen LogP contribution in [0, 0.1) is 5.92 Å². The molecule has 0 atom stereocenters. The predicted molar refractivity (Wildman–Crippen MR) is 118 cm³/mol. The van der Waals surface area contributed by atoms with E-state index in [1.165, 1.54) is 0 Å². The van der Waals surface area contributed by atoms with Gasteiger partial charge in [0.05, 0.1) is 0 Å². The lowest BCUT2D eigenvalue weighted by molar-refractivity contribution is -0.119. The van der Waals surface area contributed by atoms with Crippen molar-refractivity contribution in [2.24, 2.45) is 5.92 Å². The number of pyridine rings is 1. The minimum atomic E-state index is 0.0659. The van der Waals surface area contributed by atoms with Gasteiger partial charge in [0.25, 0.3) is 0 Å². The number of nitrogens with zero attached hydrogens (tertiary/aromatic N) is 3. The first-order valence-corrected chi connectivity index (χ1v) is 10.8. The topological polar surface area (TPSA) is 91.8 Å². The fourth-order valence-corrected chi connectivity index (χ4v) is 3.85. The van der Waals surface area contributed by atoms with Crippen molar-refractivity contribution < 1.29 is 4.79 Å². The zero-order chi connectivity index (χ0) is 21.0. The van der Waals surface area contributed by atoms with Crippen molar-refractivity contribution in [1.82, 2.24) is 20.3 Å². The number of hydrogen-bond donors (Lipinski definition) is 3. The molecule has 0 spiro atoms. The van der Waals surface area contributed by atoms with Gasteiger partial charge >= 0.3 is 0 Å². The Morgan fingerprint density at radius 3 is 2.48 bits per heavy atom. The Morgan fingerprint density at radius 1 is 1.14 bits per heavy atom. The molecule has 3 rings (SSSR count). The number of nitrogens with one attached hydrogen (secondary N) is 3. The summed E-state index contributed by atoms with van der Waals surface area (Å²) in [4.78, 5) is 25.3. The highest BCUT2D eigenvalue weighted by molar-refractivity contribution is 5.89. The van der Waals surface area contributed by atoms with E-state index < -0.39 is 0 Å². The van der Waals surface area contributed by atoms with E-state index in [2.05, 4.69) is 54.7 Å². The summed E-state index contributed by atoms with van der Waals surface area (Å²) in [5.74, 6) is 2.46. The summed E-state index contributed by atoms with van der Waals surface area (Å²) in [5, 5.41) is 10.9. The molecular weight excluding hydrogens is 364 g/mol. The number of carbonyl (C=O) groups excluding carboxylic acids is 1. The van der Waals surface area contributed by atoms with Crippen LogP contribution in [0.15, 0.2) is 12.3 Å². The summed E-state index contributed by atoms with van der Waals surface area (Å²) in [6.07, 6.45) is 6.16. The van der Waals surface area contributed by atoms with Gasteiger partial charge in [-0.3, -0.25) is 4.79 Å². The Bertz CT molecular complexity index is 843. The van der Waals surface area contributed by atoms with Gasteiger partial charge in [0.1, 0.15) is 5.52 Å². The first kappa shape index (κ1) is 21.3. The van der Waals surface area contributed by atoms with Crippen molar-refractivity contribution >= 4 is 28.6 Å². The third kappa shape index (κ3) is 5.78. The van der Waals surface area contributed by atoms with Gasteiger partial charge in [0.15, 0.2) is 5.82 Å². The van der Waals surface area contributed by atoms with Crippen LogP contribution in [-0.2, 0) is 4.79 Å². The maximum Gasteiger partial charge on any atom is 0.223 e. The SMILES string of the molecule is CC(=O)NC1CCC(CNc2ncc3cc(C(C)C)nc(NC(C)C)c3n2)CC1. The van der Waals surface area contributed by atoms with Crippen molar-refractivity contribution in [2.75, 3.05) is 17.2 Å². The van der Waals surface area contributed by atoms with Gasteiger partial charge in [-0.1, -0.05) is 13.8 Å². The van der Waals surface area contributed by atoms with E-state index in [1.54, 1.807) is 6.92 Å². The molecule has 3 N–H and O–H groups in total.